The van der Waals surface area contributed by atoms with Crippen molar-refractivity contribution in [3.05, 3.63) is 94.3 Å². The molecule has 2 amide bonds. The zero-order valence-electron chi connectivity index (χ0n) is 27.0. The highest BCUT2D eigenvalue weighted by Gasteiger charge is 2.39. The maximum Gasteiger partial charge on any atom is 0.319 e. The van der Waals surface area contributed by atoms with Gasteiger partial charge in [-0.1, -0.05) is 84.0 Å². The van der Waals surface area contributed by atoms with Crippen LogP contribution in [0.3, 0.4) is 0 Å². The SMILES string of the molecule is CC(C)(C)c1cc(CCc2ccccc2NC(=O)NC2CC3COCC(C2)N3Cc2ccc(F)cc2)cc(C(C)(C)C)c1O. The van der Waals surface area contributed by atoms with Crippen LogP contribution in [0.2, 0.25) is 0 Å². The highest BCUT2D eigenvalue weighted by molar-refractivity contribution is 5.90. The third-order valence-corrected chi connectivity index (χ3v) is 9.02. The van der Waals surface area contributed by atoms with Gasteiger partial charge in [-0.25, -0.2) is 9.18 Å². The Morgan fingerprint density at radius 1 is 0.886 bits per heavy atom. The normalized spacial score (nSPS) is 20.8. The minimum absolute atomic E-state index is 0.0502. The van der Waals surface area contributed by atoms with Crippen molar-refractivity contribution in [2.24, 2.45) is 0 Å². The Balaban J connectivity index is 1.23. The highest BCUT2D eigenvalue weighted by Crippen LogP contribution is 2.40. The van der Waals surface area contributed by atoms with E-state index in [9.17, 15) is 14.3 Å². The number of morpholine rings is 1. The molecule has 2 bridgehead atoms. The second-order valence-corrected chi connectivity index (χ2v) is 14.6. The zero-order chi connectivity index (χ0) is 31.6. The lowest BCUT2D eigenvalue weighted by Crippen LogP contribution is -2.60. The molecule has 2 atom stereocenters. The summed E-state index contributed by atoms with van der Waals surface area (Å²) in [6, 6.07) is 19.2. The van der Waals surface area contributed by atoms with Gasteiger partial charge in [-0.05, 0) is 82.5 Å². The number of carbonyl (C=O) groups excluding carboxylic acids is 1. The molecule has 236 valence electrons. The second kappa shape index (κ2) is 12.9. The van der Waals surface area contributed by atoms with Gasteiger partial charge in [0.1, 0.15) is 11.6 Å². The van der Waals surface area contributed by atoms with Gasteiger partial charge < -0.3 is 20.5 Å². The summed E-state index contributed by atoms with van der Waals surface area (Å²) in [5, 5.41) is 17.5. The largest absolute Gasteiger partial charge is 0.507 e. The van der Waals surface area contributed by atoms with Crippen LogP contribution in [0.15, 0.2) is 60.7 Å². The van der Waals surface area contributed by atoms with E-state index >= 15 is 0 Å². The van der Waals surface area contributed by atoms with E-state index in [0.717, 1.165) is 60.2 Å². The molecule has 44 heavy (non-hydrogen) atoms. The average molecular weight is 602 g/mol. The molecule has 6 nitrogen and oxygen atoms in total. The number of phenols is 1. The van der Waals surface area contributed by atoms with Gasteiger partial charge in [0.15, 0.2) is 0 Å². The van der Waals surface area contributed by atoms with Crippen LogP contribution in [0.4, 0.5) is 14.9 Å². The number of nitrogens with one attached hydrogen (secondary N) is 2. The van der Waals surface area contributed by atoms with Crippen LogP contribution in [0.5, 0.6) is 5.75 Å². The van der Waals surface area contributed by atoms with Crippen LogP contribution in [0.25, 0.3) is 0 Å². The third kappa shape index (κ3) is 7.62. The molecule has 2 aliphatic heterocycles. The number of hydrogen-bond acceptors (Lipinski definition) is 4. The number of nitrogens with zero attached hydrogens (tertiary/aromatic N) is 1. The maximum atomic E-state index is 13.4. The van der Waals surface area contributed by atoms with Crippen molar-refractivity contribution in [1.29, 1.82) is 0 Å². The Kier molecular flexibility index (Phi) is 9.38. The number of anilines is 1. The molecule has 0 radical (unpaired) electrons. The Morgan fingerprint density at radius 2 is 1.48 bits per heavy atom. The smallest absolute Gasteiger partial charge is 0.319 e. The van der Waals surface area contributed by atoms with Crippen molar-refractivity contribution in [3.8, 4) is 5.75 Å². The molecule has 0 spiro atoms. The van der Waals surface area contributed by atoms with Crippen molar-refractivity contribution < 1.29 is 19.0 Å². The number of urea groups is 1. The quantitative estimate of drug-likeness (QED) is 0.263. The van der Waals surface area contributed by atoms with Crippen molar-refractivity contribution in [3.63, 3.8) is 0 Å². The van der Waals surface area contributed by atoms with E-state index in [-0.39, 0.29) is 40.8 Å². The molecule has 0 saturated carbocycles. The number of amides is 2. The number of ether oxygens (including phenoxy) is 1. The van der Waals surface area contributed by atoms with Crippen molar-refractivity contribution in [1.82, 2.24) is 10.2 Å². The monoisotopic (exact) mass is 601 g/mol. The maximum absolute atomic E-state index is 13.4. The predicted molar refractivity (Wildman–Crippen MR) is 175 cm³/mol. The minimum Gasteiger partial charge on any atom is -0.507 e. The van der Waals surface area contributed by atoms with Crippen molar-refractivity contribution in [2.75, 3.05) is 18.5 Å². The molecule has 3 N–H and O–H groups in total. The highest BCUT2D eigenvalue weighted by atomic mass is 19.1. The van der Waals surface area contributed by atoms with Gasteiger partial charge >= 0.3 is 6.03 Å². The molecule has 3 aromatic carbocycles. The average Bonchev–Trinajstić information content (AvgIpc) is 2.93. The van der Waals surface area contributed by atoms with Crippen LogP contribution < -0.4 is 10.6 Å². The molecule has 2 heterocycles. The van der Waals surface area contributed by atoms with Crippen molar-refractivity contribution in [2.45, 2.75) is 103 Å². The summed E-state index contributed by atoms with van der Waals surface area (Å²) < 4.78 is 19.3. The van der Waals surface area contributed by atoms with E-state index in [2.05, 4.69) is 75.3 Å². The lowest BCUT2D eigenvalue weighted by atomic mass is 9.78. The summed E-state index contributed by atoms with van der Waals surface area (Å²) >= 11 is 0. The van der Waals surface area contributed by atoms with Crippen LogP contribution in [0.1, 0.15) is 82.2 Å². The van der Waals surface area contributed by atoms with E-state index in [4.69, 9.17) is 4.74 Å². The van der Waals surface area contributed by atoms with Crippen LogP contribution >= 0.6 is 0 Å². The molecule has 2 saturated heterocycles. The number of aromatic hydroxyl groups is 1. The molecule has 2 unspecified atom stereocenters. The number of fused-ring (bicyclic) bond motifs is 2. The van der Waals surface area contributed by atoms with Crippen LogP contribution in [0, 0.1) is 5.82 Å². The van der Waals surface area contributed by atoms with Gasteiger partial charge in [0.25, 0.3) is 0 Å². The topological polar surface area (TPSA) is 73.8 Å². The molecule has 2 fully saturated rings. The molecule has 2 aliphatic rings. The predicted octanol–water partition coefficient (Wildman–Crippen LogP) is 7.47. The summed E-state index contributed by atoms with van der Waals surface area (Å²) in [6.45, 7) is 14.8. The van der Waals surface area contributed by atoms with E-state index in [1.807, 2.05) is 30.3 Å². The molecular formula is C37H48FN3O3. The Bertz CT molecular complexity index is 1410. The number of rotatable bonds is 7. The Labute approximate surface area is 262 Å². The number of hydrogen-bond donors (Lipinski definition) is 3. The number of para-hydroxylation sites is 1. The molecule has 0 aliphatic carbocycles. The van der Waals surface area contributed by atoms with Crippen molar-refractivity contribution >= 4 is 11.7 Å². The fourth-order valence-electron chi connectivity index (χ4n) is 6.63. The standard InChI is InChI=1S/C37H48FN3O3/c1-36(2,3)31-17-25(18-32(34(31)42)37(4,5)6)11-14-26-9-7-8-10-33(26)40-35(43)39-28-19-29-22-44-23-30(20-28)41(29)21-24-12-15-27(38)16-13-24/h7-10,12-13,15-18,28-30,42H,11,14,19-23H2,1-6H3,(H2,39,40,43). The first-order valence-electron chi connectivity index (χ1n) is 15.9. The minimum atomic E-state index is -0.225. The van der Waals surface area contributed by atoms with E-state index in [0.29, 0.717) is 19.0 Å². The first-order valence-corrected chi connectivity index (χ1v) is 15.9. The molecule has 7 heteroatoms. The van der Waals surface area contributed by atoms with E-state index in [1.165, 1.54) is 17.7 Å². The summed E-state index contributed by atoms with van der Waals surface area (Å²) in [4.78, 5) is 15.7. The summed E-state index contributed by atoms with van der Waals surface area (Å²) in [7, 11) is 0. The van der Waals surface area contributed by atoms with E-state index < -0.39 is 0 Å². The van der Waals surface area contributed by atoms with Crippen LogP contribution in [-0.4, -0.2) is 47.4 Å². The number of halogens is 1. The second-order valence-electron chi connectivity index (χ2n) is 14.6. The zero-order valence-corrected chi connectivity index (χ0v) is 27.0. The fraction of sp³-hybridized carbons (Fsp3) is 0.486. The van der Waals surface area contributed by atoms with Gasteiger partial charge in [0.2, 0.25) is 0 Å². The summed E-state index contributed by atoms with van der Waals surface area (Å²) in [6.07, 6.45) is 3.17. The Morgan fingerprint density at radius 3 is 2.07 bits per heavy atom. The number of piperidine rings is 1. The lowest BCUT2D eigenvalue weighted by Gasteiger charge is -2.48. The molecule has 3 aromatic rings. The van der Waals surface area contributed by atoms with Gasteiger partial charge in [0, 0.05) is 30.4 Å². The molecular weight excluding hydrogens is 553 g/mol. The first-order chi connectivity index (χ1) is 20.8. The summed E-state index contributed by atoms with van der Waals surface area (Å²) in [5.74, 6) is 0.168. The van der Waals surface area contributed by atoms with E-state index in [1.54, 1.807) is 0 Å². The van der Waals surface area contributed by atoms with Gasteiger partial charge in [0.05, 0.1) is 13.2 Å². The fourth-order valence-corrected chi connectivity index (χ4v) is 6.63. The number of benzene rings is 3. The van der Waals surface area contributed by atoms with Gasteiger partial charge in [-0.3, -0.25) is 4.90 Å². The lowest BCUT2D eigenvalue weighted by molar-refractivity contribution is -0.0839. The van der Waals surface area contributed by atoms with Gasteiger partial charge in [-0.2, -0.15) is 0 Å². The Hall–Kier alpha value is -3.42. The third-order valence-electron chi connectivity index (χ3n) is 9.02. The number of aryl methyl sites for hydroxylation is 2. The molecule has 0 aromatic heterocycles. The first kappa shape index (κ1) is 32.0. The molecule has 5 rings (SSSR count). The number of carbonyl (C=O) groups is 1. The summed E-state index contributed by atoms with van der Waals surface area (Å²) in [5.41, 5.74) is 5.71. The van der Waals surface area contributed by atoms with Crippen LogP contribution in [-0.2, 0) is 35.0 Å². The number of phenolic OH excluding ortho intramolecular Hbond substituents is 1. The van der Waals surface area contributed by atoms with Gasteiger partial charge in [-0.15, -0.1) is 0 Å².